The van der Waals surface area contributed by atoms with E-state index >= 15 is 0 Å². The lowest BCUT2D eigenvalue weighted by molar-refractivity contribution is 0.0530. The number of hydrogen-bond donors (Lipinski definition) is 3. The Labute approximate surface area is 122 Å². The Kier molecular flexibility index (Phi) is 6.79. The summed E-state index contributed by atoms with van der Waals surface area (Å²) in [7, 11) is 0. The summed E-state index contributed by atoms with van der Waals surface area (Å²) in [5, 5.41) is 21.5. The Hall–Kier alpha value is -0.620. The van der Waals surface area contributed by atoms with Gasteiger partial charge in [0.15, 0.2) is 0 Å². The summed E-state index contributed by atoms with van der Waals surface area (Å²) in [6.45, 7) is 6.62. The fraction of sp³-hybridized carbons (Fsp3) is 0.571. The van der Waals surface area contributed by atoms with Crippen LogP contribution < -0.4 is 10.1 Å². The molecule has 1 unspecified atom stereocenters. The molecule has 1 aromatic carbocycles. The van der Waals surface area contributed by atoms with E-state index in [0.29, 0.717) is 12.6 Å². The van der Waals surface area contributed by atoms with Crippen molar-refractivity contribution >= 4 is 15.9 Å². The Balaban J connectivity index is 2.86. The van der Waals surface area contributed by atoms with Crippen molar-refractivity contribution in [1.82, 2.24) is 5.32 Å². The zero-order chi connectivity index (χ0) is 14.4. The zero-order valence-electron chi connectivity index (χ0n) is 11.6. The molecule has 0 radical (unpaired) electrons. The van der Waals surface area contributed by atoms with E-state index in [0.717, 1.165) is 21.3 Å². The number of benzene rings is 1. The molecule has 0 fully saturated rings. The average molecular weight is 332 g/mol. The molecule has 0 aliphatic heterocycles. The molecule has 5 heteroatoms. The first-order valence-corrected chi connectivity index (χ1v) is 7.17. The molecule has 0 aliphatic rings. The normalized spacial score (nSPS) is 12.8. The minimum atomic E-state index is -0.853. The largest absolute Gasteiger partial charge is 0.490 e. The van der Waals surface area contributed by atoms with Gasteiger partial charge >= 0.3 is 0 Å². The summed E-state index contributed by atoms with van der Waals surface area (Å²) in [6.07, 6.45) is -0.853. The summed E-state index contributed by atoms with van der Waals surface area (Å²) < 4.78 is 6.64. The Morgan fingerprint density at radius 1 is 1.37 bits per heavy atom. The minimum absolute atomic E-state index is 0.0909. The molecule has 0 aliphatic carbocycles. The topological polar surface area (TPSA) is 61.7 Å². The Morgan fingerprint density at radius 3 is 2.63 bits per heavy atom. The van der Waals surface area contributed by atoms with E-state index in [4.69, 9.17) is 9.84 Å². The fourth-order valence-electron chi connectivity index (χ4n) is 1.68. The van der Waals surface area contributed by atoms with Crippen molar-refractivity contribution in [3.05, 3.63) is 27.7 Å². The maximum atomic E-state index is 9.37. The molecule has 0 heterocycles. The van der Waals surface area contributed by atoms with E-state index in [2.05, 4.69) is 35.1 Å². The monoisotopic (exact) mass is 331 g/mol. The first-order valence-electron chi connectivity index (χ1n) is 6.38. The Bertz CT molecular complexity index is 410. The molecule has 0 spiro atoms. The zero-order valence-corrected chi connectivity index (χ0v) is 13.2. The maximum Gasteiger partial charge on any atom is 0.126 e. The van der Waals surface area contributed by atoms with Crippen LogP contribution >= 0.6 is 15.9 Å². The van der Waals surface area contributed by atoms with E-state index < -0.39 is 6.10 Å². The smallest absolute Gasteiger partial charge is 0.126 e. The van der Waals surface area contributed by atoms with Crippen LogP contribution in [0.3, 0.4) is 0 Å². The quantitative estimate of drug-likeness (QED) is 0.715. The molecule has 0 bridgehead atoms. The molecule has 0 aromatic heterocycles. The lowest BCUT2D eigenvalue weighted by atomic mass is 10.1. The van der Waals surface area contributed by atoms with Gasteiger partial charge in [-0.15, -0.1) is 0 Å². The molecule has 0 saturated carbocycles. The van der Waals surface area contributed by atoms with Crippen LogP contribution in [0.1, 0.15) is 25.0 Å². The predicted octanol–water partition coefficient (Wildman–Crippen LogP) is 1.99. The van der Waals surface area contributed by atoms with E-state index in [1.54, 1.807) is 0 Å². The van der Waals surface area contributed by atoms with Crippen molar-refractivity contribution in [3.8, 4) is 5.75 Å². The van der Waals surface area contributed by atoms with Gasteiger partial charge in [0.05, 0.1) is 6.61 Å². The molecular formula is C14H22BrNO3. The summed E-state index contributed by atoms with van der Waals surface area (Å²) in [6, 6.07) is 4.36. The van der Waals surface area contributed by atoms with Crippen LogP contribution in [0.15, 0.2) is 16.6 Å². The van der Waals surface area contributed by atoms with E-state index in [-0.39, 0.29) is 13.2 Å². The number of nitrogens with one attached hydrogen (secondary N) is 1. The summed E-state index contributed by atoms with van der Waals surface area (Å²) in [5.74, 6) is 0.767. The highest BCUT2D eigenvalue weighted by Gasteiger charge is 2.11. The molecule has 1 rings (SSSR count). The van der Waals surface area contributed by atoms with Gasteiger partial charge in [-0.3, -0.25) is 0 Å². The lowest BCUT2D eigenvalue weighted by Crippen LogP contribution is -2.24. The lowest BCUT2D eigenvalue weighted by Gasteiger charge is -2.18. The molecular weight excluding hydrogens is 310 g/mol. The van der Waals surface area contributed by atoms with Gasteiger partial charge in [0.25, 0.3) is 0 Å². The van der Waals surface area contributed by atoms with Crippen LogP contribution in [-0.4, -0.2) is 35.6 Å². The number of aliphatic hydroxyl groups is 2. The number of ether oxygens (including phenoxy) is 1. The number of rotatable bonds is 7. The second-order valence-electron chi connectivity index (χ2n) is 4.89. The molecule has 1 aromatic rings. The molecule has 19 heavy (non-hydrogen) atoms. The third-order valence-electron chi connectivity index (χ3n) is 2.65. The highest BCUT2D eigenvalue weighted by atomic mass is 79.9. The number of aliphatic hydroxyl groups excluding tert-OH is 2. The van der Waals surface area contributed by atoms with Crippen molar-refractivity contribution in [1.29, 1.82) is 0 Å². The highest BCUT2D eigenvalue weighted by molar-refractivity contribution is 9.10. The molecule has 0 saturated heterocycles. The van der Waals surface area contributed by atoms with Gasteiger partial charge in [0.2, 0.25) is 0 Å². The first kappa shape index (κ1) is 16.4. The predicted molar refractivity (Wildman–Crippen MR) is 79.4 cm³/mol. The van der Waals surface area contributed by atoms with Crippen molar-refractivity contribution in [3.63, 3.8) is 0 Å². The first-order chi connectivity index (χ1) is 8.93. The third-order valence-corrected chi connectivity index (χ3v) is 3.11. The summed E-state index contributed by atoms with van der Waals surface area (Å²) in [5.41, 5.74) is 2.03. The minimum Gasteiger partial charge on any atom is -0.490 e. The third kappa shape index (κ3) is 5.48. The van der Waals surface area contributed by atoms with Gasteiger partial charge in [-0.05, 0) is 24.6 Å². The Morgan fingerprint density at radius 2 is 2.05 bits per heavy atom. The summed E-state index contributed by atoms with van der Waals surface area (Å²) >= 11 is 3.48. The average Bonchev–Trinajstić information content (AvgIpc) is 2.34. The number of aryl methyl sites for hydroxylation is 1. The van der Waals surface area contributed by atoms with Crippen LogP contribution in [0.5, 0.6) is 5.75 Å². The molecule has 108 valence electrons. The maximum absolute atomic E-state index is 9.37. The van der Waals surface area contributed by atoms with Gasteiger partial charge < -0.3 is 20.3 Å². The van der Waals surface area contributed by atoms with Crippen LogP contribution in [0.4, 0.5) is 0 Å². The van der Waals surface area contributed by atoms with Gasteiger partial charge in [0.1, 0.15) is 18.5 Å². The van der Waals surface area contributed by atoms with Crippen molar-refractivity contribution in [2.24, 2.45) is 0 Å². The van der Waals surface area contributed by atoms with Gasteiger partial charge in [-0.25, -0.2) is 0 Å². The molecule has 0 amide bonds. The fourth-order valence-corrected chi connectivity index (χ4v) is 2.30. The van der Waals surface area contributed by atoms with E-state index in [1.165, 1.54) is 0 Å². The number of hydrogen-bond acceptors (Lipinski definition) is 4. The molecule has 4 nitrogen and oxygen atoms in total. The van der Waals surface area contributed by atoms with Gasteiger partial charge in [-0.1, -0.05) is 29.8 Å². The van der Waals surface area contributed by atoms with E-state index in [1.807, 2.05) is 19.1 Å². The number of halogens is 1. The van der Waals surface area contributed by atoms with Crippen LogP contribution in [0.25, 0.3) is 0 Å². The molecule has 3 N–H and O–H groups in total. The van der Waals surface area contributed by atoms with Gasteiger partial charge in [-0.2, -0.15) is 0 Å². The van der Waals surface area contributed by atoms with Crippen molar-refractivity contribution in [2.75, 3.05) is 13.2 Å². The SMILES string of the molecule is Cc1cc(Br)cc(CNC(C)C)c1OCC(O)CO. The molecule has 1 atom stereocenters. The van der Waals surface area contributed by atoms with E-state index in [9.17, 15) is 5.11 Å². The van der Waals surface area contributed by atoms with Crippen LogP contribution in [-0.2, 0) is 6.54 Å². The van der Waals surface area contributed by atoms with Gasteiger partial charge in [0, 0.05) is 22.6 Å². The second kappa shape index (κ2) is 7.85. The summed E-state index contributed by atoms with van der Waals surface area (Å²) in [4.78, 5) is 0. The highest BCUT2D eigenvalue weighted by Crippen LogP contribution is 2.28. The van der Waals surface area contributed by atoms with Crippen LogP contribution in [0, 0.1) is 6.92 Å². The van der Waals surface area contributed by atoms with Crippen LogP contribution in [0.2, 0.25) is 0 Å². The van der Waals surface area contributed by atoms with Crippen molar-refractivity contribution in [2.45, 2.75) is 39.5 Å². The van der Waals surface area contributed by atoms with Crippen molar-refractivity contribution < 1.29 is 14.9 Å². The standard InChI is InChI=1S/C14H22BrNO3/c1-9(2)16-6-11-5-12(15)4-10(3)14(11)19-8-13(18)7-17/h4-5,9,13,16-18H,6-8H2,1-3H3. The second-order valence-corrected chi connectivity index (χ2v) is 5.81.